The molecule has 0 radical (unpaired) electrons. The van der Waals surface area contributed by atoms with Gasteiger partial charge in [0.15, 0.2) is 17.1 Å². The van der Waals surface area contributed by atoms with Crippen molar-refractivity contribution in [2.75, 3.05) is 21.3 Å². The van der Waals surface area contributed by atoms with E-state index in [4.69, 9.17) is 19.2 Å². The molecule has 2 heterocycles. The highest BCUT2D eigenvalue weighted by Crippen LogP contribution is 2.39. The van der Waals surface area contributed by atoms with Crippen LogP contribution in [0.4, 0.5) is 0 Å². The van der Waals surface area contributed by atoms with Gasteiger partial charge in [-0.25, -0.2) is 9.97 Å². The van der Waals surface area contributed by atoms with Gasteiger partial charge in [-0.05, 0) is 30.7 Å². The molecule has 7 nitrogen and oxygen atoms in total. The van der Waals surface area contributed by atoms with Crippen molar-refractivity contribution < 1.29 is 19.3 Å². The molecule has 0 amide bonds. The molecule has 0 saturated carbocycles. The van der Waals surface area contributed by atoms with Gasteiger partial charge in [0.2, 0.25) is 5.75 Å². The molecule has 2 aromatic carbocycles. The SMILES string of the molecule is COc1cc(-n2cnc3ccc(-c4ccc(C)c(O)c4)nc32)cc(OC)c1OC. The Kier molecular flexibility index (Phi) is 4.72. The molecule has 0 spiro atoms. The van der Waals surface area contributed by atoms with E-state index in [-0.39, 0.29) is 5.75 Å². The Morgan fingerprint density at radius 2 is 1.62 bits per heavy atom. The van der Waals surface area contributed by atoms with Crippen molar-refractivity contribution in [2.24, 2.45) is 0 Å². The van der Waals surface area contributed by atoms with Crippen LogP contribution in [0.2, 0.25) is 0 Å². The number of aromatic hydroxyl groups is 1. The Morgan fingerprint density at radius 3 is 2.24 bits per heavy atom. The van der Waals surface area contributed by atoms with E-state index in [0.29, 0.717) is 22.9 Å². The maximum Gasteiger partial charge on any atom is 0.203 e. The number of phenols is 1. The van der Waals surface area contributed by atoms with Crippen molar-refractivity contribution in [3.05, 3.63) is 54.4 Å². The van der Waals surface area contributed by atoms with E-state index in [1.54, 1.807) is 33.7 Å². The van der Waals surface area contributed by atoms with Gasteiger partial charge in [-0.3, -0.25) is 4.57 Å². The summed E-state index contributed by atoms with van der Waals surface area (Å²) in [7, 11) is 4.72. The summed E-state index contributed by atoms with van der Waals surface area (Å²) in [5.41, 5.74) is 4.58. The van der Waals surface area contributed by atoms with Crippen molar-refractivity contribution in [3.63, 3.8) is 0 Å². The lowest BCUT2D eigenvalue weighted by atomic mass is 10.1. The Labute approximate surface area is 168 Å². The topological polar surface area (TPSA) is 78.6 Å². The van der Waals surface area contributed by atoms with E-state index in [2.05, 4.69) is 4.98 Å². The number of ether oxygens (including phenoxy) is 3. The molecule has 29 heavy (non-hydrogen) atoms. The van der Waals surface area contributed by atoms with Gasteiger partial charge in [0, 0.05) is 17.7 Å². The summed E-state index contributed by atoms with van der Waals surface area (Å²) in [5, 5.41) is 10.0. The predicted octanol–water partition coefficient (Wildman–Crippen LogP) is 4.13. The monoisotopic (exact) mass is 391 g/mol. The summed E-state index contributed by atoms with van der Waals surface area (Å²) in [6.45, 7) is 1.86. The first-order valence-corrected chi connectivity index (χ1v) is 9.00. The van der Waals surface area contributed by atoms with Crippen LogP contribution in [0, 0.1) is 6.92 Å². The van der Waals surface area contributed by atoms with Crippen molar-refractivity contribution in [1.29, 1.82) is 0 Å². The second kappa shape index (κ2) is 7.35. The third-order valence-electron chi connectivity index (χ3n) is 4.83. The van der Waals surface area contributed by atoms with Gasteiger partial charge >= 0.3 is 0 Å². The van der Waals surface area contributed by atoms with Crippen LogP contribution in [0.1, 0.15) is 5.56 Å². The average molecular weight is 391 g/mol. The minimum absolute atomic E-state index is 0.238. The number of pyridine rings is 1. The normalized spacial score (nSPS) is 10.9. The number of hydrogen-bond donors (Lipinski definition) is 1. The molecule has 148 valence electrons. The van der Waals surface area contributed by atoms with Crippen LogP contribution in [-0.4, -0.2) is 41.0 Å². The average Bonchev–Trinajstić information content (AvgIpc) is 3.17. The standard InChI is InChI=1S/C22H21N3O4/c1-13-5-6-14(9-18(13)26)16-7-8-17-22(24-16)25(12-23-17)15-10-19(27-2)21(29-4)20(11-15)28-3/h5-12,26H,1-4H3. The molecule has 0 saturated heterocycles. The maximum absolute atomic E-state index is 10.0. The summed E-state index contributed by atoms with van der Waals surface area (Å²) in [4.78, 5) is 9.24. The zero-order valence-electron chi connectivity index (χ0n) is 16.6. The molecule has 0 unspecified atom stereocenters. The minimum atomic E-state index is 0.238. The first kappa shape index (κ1) is 18.6. The van der Waals surface area contributed by atoms with Gasteiger partial charge in [0.1, 0.15) is 17.6 Å². The van der Waals surface area contributed by atoms with Crippen LogP contribution >= 0.6 is 0 Å². The van der Waals surface area contributed by atoms with Gasteiger partial charge in [-0.15, -0.1) is 0 Å². The highest BCUT2D eigenvalue weighted by atomic mass is 16.5. The van der Waals surface area contributed by atoms with E-state index in [9.17, 15) is 5.11 Å². The predicted molar refractivity (Wildman–Crippen MR) is 110 cm³/mol. The molecule has 0 aliphatic heterocycles. The summed E-state index contributed by atoms with van der Waals surface area (Å²) >= 11 is 0. The van der Waals surface area contributed by atoms with Crippen LogP contribution in [0.3, 0.4) is 0 Å². The van der Waals surface area contributed by atoms with E-state index >= 15 is 0 Å². The Bertz CT molecular complexity index is 1180. The van der Waals surface area contributed by atoms with E-state index in [1.165, 1.54) is 0 Å². The number of methoxy groups -OCH3 is 3. The molecule has 4 aromatic rings. The third-order valence-corrected chi connectivity index (χ3v) is 4.83. The number of nitrogens with zero attached hydrogens (tertiary/aromatic N) is 3. The van der Waals surface area contributed by atoms with Gasteiger partial charge in [-0.2, -0.15) is 0 Å². The van der Waals surface area contributed by atoms with E-state index in [0.717, 1.165) is 28.0 Å². The number of aryl methyl sites for hydroxylation is 1. The fourth-order valence-electron chi connectivity index (χ4n) is 3.22. The third kappa shape index (κ3) is 3.20. The molecule has 0 atom stereocenters. The Hall–Kier alpha value is -3.74. The van der Waals surface area contributed by atoms with Crippen molar-refractivity contribution in [1.82, 2.24) is 14.5 Å². The summed E-state index contributed by atoms with van der Waals surface area (Å²) in [6.07, 6.45) is 1.70. The lowest BCUT2D eigenvalue weighted by Crippen LogP contribution is -2.00. The zero-order valence-corrected chi connectivity index (χ0v) is 16.6. The first-order chi connectivity index (χ1) is 14.0. The van der Waals surface area contributed by atoms with Gasteiger partial charge < -0.3 is 19.3 Å². The van der Waals surface area contributed by atoms with Crippen LogP contribution in [0.5, 0.6) is 23.0 Å². The Balaban J connectivity index is 1.88. The zero-order chi connectivity index (χ0) is 20.5. The second-order valence-corrected chi connectivity index (χ2v) is 6.54. The van der Waals surface area contributed by atoms with E-state index < -0.39 is 0 Å². The van der Waals surface area contributed by atoms with Crippen LogP contribution in [0.15, 0.2) is 48.8 Å². The quantitative estimate of drug-likeness (QED) is 0.551. The van der Waals surface area contributed by atoms with Crippen LogP contribution < -0.4 is 14.2 Å². The van der Waals surface area contributed by atoms with Gasteiger partial charge in [0.25, 0.3) is 0 Å². The number of fused-ring (bicyclic) bond motifs is 1. The molecule has 0 aliphatic rings. The highest BCUT2D eigenvalue weighted by molar-refractivity contribution is 5.78. The lowest BCUT2D eigenvalue weighted by molar-refractivity contribution is 0.324. The second-order valence-electron chi connectivity index (χ2n) is 6.54. The molecule has 7 heteroatoms. The van der Waals surface area contributed by atoms with Crippen molar-refractivity contribution in [2.45, 2.75) is 6.92 Å². The smallest absolute Gasteiger partial charge is 0.203 e. The minimum Gasteiger partial charge on any atom is -0.508 e. The first-order valence-electron chi connectivity index (χ1n) is 9.00. The number of rotatable bonds is 5. The van der Waals surface area contributed by atoms with Gasteiger partial charge in [0.05, 0.1) is 32.7 Å². The van der Waals surface area contributed by atoms with Crippen molar-refractivity contribution in [3.8, 4) is 39.9 Å². The maximum atomic E-state index is 10.0. The number of phenolic OH excluding ortho intramolecular Hbond substituents is 1. The molecule has 0 aliphatic carbocycles. The summed E-state index contributed by atoms with van der Waals surface area (Å²) in [6, 6.07) is 13.0. The summed E-state index contributed by atoms with van der Waals surface area (Å²) < 4.78 is 18.2. The fraction of sp³-hybridized carbons (Fsp3) is 0.182. The number of hydrogen-bond acceptors (Lipinski definition) is 6. The number of benzene rings is 2. The lowest BCUT2D eigenvalue weighted by Gasteiger charge is -2.14. The highest BCUT2D eigenvalue weighted by Gasteiger charge is 2.16. The Morgan fingerprint density at radius 1 is 0.897 bits per heavy atom. The molecular weight excluding hydrogens is 370 g/mol. The number of imidazole rings is 1. The molecule has 4 rings (SSSR count). The molecular formula is C22H21N3O4. The van der Waals surface area contributed by atoms with Gasteiger partial charge in [-0.1, -0.05) is 12.1 Å². The van der Waals surface area contributed by atoms with Crippen molar-refractivity contribution >= 4 is 11.2 Å². The van der Waals surface area contributed by atoms with E-state index in [1.807, 2.05) is 47.9 Å². The molecule has 1 N–H and O–H groups in total. The van der Waals surface area contributed by atoms with Crippen LogP contribution in [0.25, 0.3) is 28.1 Å². The largest absolute Gasteiger partial charge is 0.508 e. The molecule has 2 aromatic heterocycles. The number of aromatic nitrogens is 3. The van der Waals surface area contributed by atoms with Crippen LogP contribution in [-0.2, 0) is 0 Å². The molecule has 0 fully saturated rings. The summed E-state index contributed by atoms with van der Waals surface area (Å²) in [5.74, 6) is 1.85. The molecule has 0 bridgehead atoms. The fourth-order valence-corrected chi connectivity index (χ4v) is 3.22.